The van der Waals surface area contributed by atoms with Crippen molar-refractivity contribution in [2.45, 2.75) is 0 Å². The van der Waals surface area contributed by atoms with Crippen molar-refractivity contribution < 1.29 is 23.7 Å². The van der Waals surface area contributed by atoms with Gasteiger partial charge in [-0.15, -0.1) is 0 Å². The predicted octanol–water partition coefficient (Wildman–Crippen LogP) is 2.32. The molecule has 1 aliphatic carbocycles. The summed E-state index contributed by atoms with van der Waals surface area (Å²) in [6.45, 7) is 9.77. The highest BCUT2D eigenvalue weighted by Crippen LogP contribution is 2.44. The highest BCUT2D eigenvalue weighted by atomic mass is 16.5. The summed E-state index contributed by atoms with van der Waals surface area (Å²) in [6, 6.07) is 11.5. The van der Waals surface area contributed by atoms with E-state index in [-0.39, 0.29) is 5.78 Å². The quantitative estimate of drug-likeness (QED) is 0.535. The van der Waals surface area contributed by atoms with Gasteiger partial charge in [-0.3, -0.25) is 14.6 Å². The summed E-state index contributed by atoms with van der Waals surface area (Å²) in [5, 5.41) is 0. The number of hydrogen-bond donors (Lipinski definition) is 0. The number of hydrogen-bond acceptors (Lipinski definition) is 7. The zero-order chi connectivity index (χ0) is 21.8. The Hall–Kier alpha value is -2.45. The second-order valence-electron chi connectivity index (χ2n) is 8.32. The van der Waals surface area contributed by atoms with Gasteiger partial charge in [0, 0.05) is 61.5 Å². The maximum atomic E-state index is 13.0. The van der Waals surface area contributed by atoms with Crippen LogP contribution in [0.4, 0.5) is 0 Å². The molecule has 2 aliphatic heterocycles. The molecular formula is C25H30N2O5. The van der Waals surface area contributed by atoms with Gasteiger partial charge in [-0.25, -0.2) is 0 Å². The summed E-state index contributed by atoms with van der Waals surface area (Å²) in [7, 11) is 0. The van der Waals surface area contributed by atoms with Gasteiger partial charge in [-0.1, -0.05) is 12.1 Å². The topological polar surface area (TPSA) is 60.5 Å². The molecular weight excluding hydrogens is 408 g/mol. The van der Waals surface area contributed by atoms with Gasteiger partial charge in [0.15, 0.2) is 5.78 Å². The van der Waals surface area contributed by atoms with E-state index in [0.29, 0.717) is 24.3 Å². The minimum Gasteiger partial charge on any atom is -0.492 e. The molecule has 0 N–H and O–H groups in total. The Balaban J connectivity index is 1.27. The average molecular weight is 439 g/mol. The highest BCUT2D eigenvalue weighted by Gasteiger charge is 2.30. The standard InChI is InChI=1S/C25H30N2O5/c28-25-20-5-4-19(31-16-10-26-6-12-29-13-7-26)18-22(20)24-21(25)2-1-3-23(24)32-17-11-27-8-14-30-15-9-27/h1-5,18H,6-17H2. The monoisotopic (exact) mass is 438 g/mol. The molecule has 0 unspecified atom stereocenters. The molecule has 3 aliphatic rings. The van der Waals surface area contributed by atoms with E-state index in [0.717, 1.165) is 88.3 Å². The van der Waals surface area contributed by atoms with Crippen LogP contribution < -0.4 is 9.47 Å². The van der Waals surface area contributed by atoms with E-state index >= 15 is 0 Å². The van der Waals surface area contributed by atoms with E-state index in [1.165, 1.54) is 0 Å². The summed E-state index contributed by atoms with van der Waals surface area (Å²) in [4.78, 5) is 17.6. The van der Waals surface area contributed by atoms with Crippen molar-refractivity contribution >= 4 is 5.78 Å². The first-order valence-corrected chi connectivity index (χ1v) is 11.5. The fraction of sp³-hybridized carbons (Fsp3) is 0.480. The Morgan fingerprint density at radius 3 is 2.09 bits per heavy atom. The molecule has 2 heterocycles. The fourth-order valence-electron chi connectivity index (χ4n) is 4.51. The van der Waals surface area contributed by atoms with Crippen molar-refractivity contribution in [1.82, 2.24) is 9.80 Å². The first kappa shape index (κ1) is 21.4. The third-order valence-electron chi connectivity index (χ3n) is 6.32. The van der Waals surface area contributed by atoms with Crippen LogP contribution in [0.25, 0.3) is 11.1 Å². The lowest BCUT2D eigenvalue weighted by molar-refractivity contribution is 0.0322. The number of ether oxygens (including phenoxy) is 4. The second-order valence-corrected chi connectivity index (χ2v) is 8.32. The van der Waals surface area contributed by atoms with Crippen LogP contribution in [0.1, 0.15) is 15.9 Å². The van der Waals surface area contributed by atoms with E-state index in [4.69, 9.17) is 18.9 Å². The molecule has 2 aromatic rings. The lowest BCUT2D eigenvalue weighted by atomic mass is 10.0. The van der Waals surface area contributed by atoms with Gasteiger partial charge in [-0.05, 0) is 24.3 Å². The molecule has 2 saturated heterocycles. The van der Waals surface area contributed by atoms with Gasteiger partial charge >= 0.3 is 0 Å². The molecule has 5 rings (SSSR count). The normalized spacial score (nSPS) is 18.9. The van der Waals surface area contributed by atoms with Crippen LogP contribution in [-0.4, -0.2) is 94.5 Å². The third kappa shape index (κ3) is 4.66. The Morgan fingerprint density at radius 2 is 1.41 bits per heavy atom. The van der Waals surface area contributed by atoms with E-state index in [1.54, 1.807) is 0 Å². The molecule has 7 nitrogen and oxygen atoms in total. The summed E-state index contributed by atoms with van der Waals surface area (Å²) in [5.41, 5.74) is 3.20. The fourth-order valence-corrected chi connectivity index (χ4v) is 4.51. The van der Waals surface area contributed by atoms with Crippen molar-refractivity contribution in [1.29, 1.82) is 0 Å². The van der Waals surface area contributed by atoms with E-state index in [1.807, 2.05) is 36.4 Å². The molecule has 2 fully saturated rings. The number of morpholine rings is 2. The number of carbonyl (C=O) groups is 1. The van der Waals surface area contributed by atoms with Crippen LogP contribution >= 0.6 is 0 Å². The van der Waals surface area contributed by atoms with E-state index < -0.39 is 0 Å². The van der Waals surface area contributed by atoms with Gasteiger partial charge < -0.3 is 18.9 Å². The minimum atomic E-state index is 0.0495. The van der Waals surface area contributed by atoms with Crippen LogP contribution in [0.3, 0.4) is 0 Å². The lowest BCUT2D eigenvalue weighted by Crippen LogP contribution is -2.38. The highest BCUT2D eigenvalue weighted by molar-refractivity contribution is 6.22. The summed E-state index contributed by atoms with van der Waals surface area (Å²) < 4.78 is 23.0. The lowest BCUT2D eigenvalue weighted by Gasteiger charge is -2.26. The predicted molar refractivity (Wildman–Crippen MR) is 121 cm³/mol. The van der Waals surface area contributed by atoms with Crippen LogP contribution in [0.2, 0.25) is 0 Å². The number of nitrogens with zero attached hydrogens (tertiary/aromatic N) is 2. The van der Waals surface area contributed by atoms with E-state index in [9.17, 15) is 4.79 Å². The first-order valence-electron chi connectivity index (χ1n) is 11.5. The summed E-state index contributed by atoms with van der Waals surface area (Å²) in [6.07, 6.45) is 0. The zero-order valence-electron chi connectivity index (χ0n) is 18.4. The van der Waals surface area contributed by atoms with Crippen LogP contribution in [0.5, 0.6) is 11.5 Å². The minimum absolute atomic E-state index is 0.0495. The molecule has 32 heavy (non-hydrogen) atoms. The number of ketones is 1. The number of rotatable bonds is 8. The molecule has 0 saturated carbocycles. The second kappa shape index (κ2) is 10.0. The molecule has 170 valence electrons. The maximum Gasteiger partial charge on any atom is 0.194 e. The van der Waals surface area contributed by atoms with Gasteiger partial charge in [-0.2, -0.15) is 0 Å². The van der Waals surface area contributed by atoms with Gasteiger partial charge in [0.05, 0.1) is 26.4 Å². The SMILES string of the molecule is O=C1c2ccc(OCCN3CCOCC3)cc2-c2c(OCCN3CCOCC3)cccc21. The molecule has 0 radical (unpaired) electrons. The molecule has 7 heteroatoms. The zero-order valence-corrected chi connectivity index (χ0v) is 18.4. The number of carbonyl (C=O) groups excluding carboxylic acids is 1. The Morgan fingerprint density at radius 1 is 0.750 bits per heavy atom. The molecule has 0 bridgehead atoms. The van der Waals surface area contributed by atoms with Gasteiger partial charge in [0.1, 0.15) is 24.7 Å². The summed E-state index contributed by atoms with van der Waals surface area (Å²) >= 11 is 0. The molecule has 0 atom stereocenters. The smallest absolute Gasteiger partial charge is 0.194 e. The van der Waals surface area contributed by atoms with Crippen molar-refractivity contribution in [3.05, 3.63) is 47.5 Å². The van der Waals surface area contributed by atoms with Crippen LogP contribution in [0.15, 0.2) is 36.4 Å². The van der Waals surface area contributed by atoms with Crippen molar-refractivity contribution in [2.75, 3.05) is 78.9 Å². The Bertz CT molecular complexity index is 951. The molecule has 0 amide bonds. The Labute approximate surface area is 188 Å². The van der Waals surface area contributed by atoms with Gasteiger partial charge in [0.25, 0.3) is 0 Å². The number of benzene rings is 2. The first-order chi connectivity index (χ1) is 15.8. The summed E-state index contributed by atoms with van der Waals surface area (Å²) in [5.74, 6) is 1.59. The van der Waals surface area contributed by atoms with Crippen LogP contribution in [0, 0.1) is 0 Å². The third-order valence-corrected chi connectivity index (χ3v) is 6.32. The molecule has 0 spiro atoms. The average Bonchev–Trinajstić information content (AvgIpc) is 3.13. The molecule has 2 aromatic carbocycles. The maximum absolute atomic E-state index is 13.0. The largest absolute Gasteiger partial charge is 0.492 e. The van der Waals surface area contributed by atoms with Gasteiger partial charge in [0.2, 0.25) is 0 Å². The van der Waals surface area contributed by atoms with Crippen molar-refractivity contribution in [3.8, 4) is 22.6 Å². The van der Waals surface area contributed by atoms with Crippen LogP contribution in [-0.2, 0) is 9.47 Å². The van der Waals surface area contributed by atoms with Crippen molar-refractivity contribution in [3.63, 3.8) is 0 Å². The van der Waals surface area contributed by atoms with Crippen molar-refractivity contribution in [2.24, 2.45) is 0 Å². The number of fused-ring (bicyclic) bond motifs is 3. The Kier molecular flexibility index (Phi) is 6.69. The van der Waals surface area contributed by atoms with E-state index in [2.05, 4.69) is 9.80 Å². The molecule has 0 aromatic heterocycles.